The number of aromatic nitrogens is 2. The van der Waals surface area contributed by atoms with Crippen LogP contribution >= 0.6 is 0 Å². The van der Waals surface area contributed by atoms with Gasteiger partial charge in [0.25, 0.3) is 5.91 Å². The summed E-state index contributed by atoms with van der Waals surface area (Å²) in [7, 11) is 0. The number of hydrogen-bond acceptors (Lipinski definition) is 4. The molecule has 0 N–H and O–H groups in total. The van der Waals surface area contributed by atoms with Gasteiger partial charge in [-0.15, -0.1) is 0 Å². The second-order valence-corrected chi connectivity index (χ2v) is 5.96. The lowest BCUT2D eigenvalue weighted by Gasteiger charge is -2.39. The van der Waals surface area contributed by atoms with E-state index in [1.807, 2.05) is 31.7 Å². The first-order valence-electron chi connectivity index (χ1n) is 8.24. The standard InChI is InChI=1S/C16H25N3O3/c1-4-19-13(10-11(3)17-19)16(20)18-8-9-22-15-12(18)6-7-14(15)21-5-2/h10,12,14-15H,4-9H2,1-3H3/t12-,14-,15-/m0/s1. The summed E-state index contributed by atoms with van der Waals surface area (Å²) < 4.78 is 13.5. The number of nitrogens with zero attached hydrogens (tertiary/aromatic N) is 3. The predicted molar refractivity (Wildman–Crippen MR) is 81.9 cm³/mol. The van der Waals surface area contributed by atoms with E-state index in [1.54, 1.807) is 4.68 Å². The third-order valence-electron chi connectivity index (χ3n) is 4.60. The van der Waals surface area contributed by atoms with Crippen LogP contribution in [0.3, 0.4) is 0 Å². The van der Waals surface area contributed by atoms with E-state index in [4.69, 9.17) is 9.47 Å². The molecule has 1 aliphatic heterocycles. The number of hydrogen-bond donors (Lipinski definition) is 0. The summed E-state index contributed by atoms with van der Waals surface area (Å²) in [5, 5.41) is 4.39. The molecule has 0 bridgehead atoms. The van der Waals surface area contributed by atoms with Crippen molar-refractivity contribution in [3.05, 3.63) is 17.5 Å². The molecule has 2 aliphatic rings. The van der Waals surface area contributed by atoms with E-state index >= 15 is 0 Å². The third-order valence-corrected chi connectivity index (χ3v) is 4.60. The Morgan fingerprint density at radius 1 is 1.45 bits per heavy atom. The number of carbonyl (C=O) groups is 1. The molecule has 0 unspecified atom stereocenters. The molecule has 0 aromatic carbocycles. The van der Waals surface area contributed by atoms with Crippen LogP contribution in [0.4, 0.5) is 0 Å². The first-order chi connectivity index (χ1) is 10.7. The first-order valence-corrected chi connectivity index (χ1v) is 8.24. The lowest BCUT2D eigenvalue weighted by Crippen LogP contribution is -2.54. The van der Waals surface area contributed by atoms with Crippen molar-refractivity contribution in [1.82, 2.24) is 14.7 Å². The zero-order valence-electron chi connectivity index (χ0n) is 13.6. The van der Waals surface area contributed by atoms with Gasteiger partial charge >= 0.3 is 0 Å². The van der Waals surface area contributed by atoms with Crippen LogP contribution in [0, 0.1) is 6.92 Å². The Balaban J connectivity index is 1.80. The van der Waals surface area contributed by atoms with Crippen molar-refractivity contribution in [3.8, 4) is 0 Å². The van der Waals surface area contributed by atoms with E-state index < -0.39 is 0 Å². The van der Waals surface area contributed by atoms with Crippen molar-refractivity contribution in [2.24, 2.45) is 0 Å². The van der Waals surface area contributed by atoms with Crippen LogP contribution in [0.2, 0.25) is 0 Å². The van der Waals surface area contributed by atoms with Gasteiger partial charge in [-0.3, -0.25) is 9.48 Å². The highest BCUT2D eigenvalue weighted by Crippen LogP contribution is 2.33. The van der Waals surface area contributed by atoms with Crippen LogP contribution in [-0.2, 0) is 16.0 Å². The molecule has 1 amide bonds. The molecule has 2 heterocycles. The largest absolute Gasteiger partial charge is 0.376 e. The summed E-state index contributed by atoms with van der Waals surface area (Å²) in [6.45, 7) is 8.55. The highest BCUT2D eigenvalue weighted by atomic mass is 16.5. The molecule has 6 heteroatoms. The minimum atomic E-state index is 0.0109. The van der Waals surface area contributed by atoms with Gasteiger partial charge in [0, 0.05) is 19.7 Å². The Labute approximate surface area is 131 Å². The number of rotatable bonds is 4. The second-order valence-electron chi connectivity index (χ2n) is 5.96. The molecule has 3 rings (SSSR count). The van der Waals surface area contributed by atoms with Crippen molar-refractivity contribution in [2.45, 2.75) is 58.4 Å². The maximum Gasteiger partial charge on any atom is 0.272 e. The lowest BCUT2D eigenvalue weighted by atomic mass is 10.1. The van der Waals surface area contributed by atoms with Crippen LogP contribution in [0.25, 0.3) is 0 Å². The van der Waals surface area contributed by atoms with E-state index in [-0.39, 0.29) is 24.2 Å². The van der Waals surface area contributed by atoms with E-state index in [0.717, 1.165) is 18.5 Å². The Morgan fingerprint density at radius 3 is 3.00 bits per heavy atom. The van der Waals surface area contributed by atoms with Gasteiger partial charge < -0.3 is 14.4 Å². The van der Waals surface area contributed by atoms with E-state index in [0.29, 0.717) is 32.0 Å². The van der Waals surface area contributed by atoms with Crippen LogP contribution in [0.15, 0.2) is 6.07 Å². The smallest absolute Gasteiger partial charge is 0.272 e. The van der Waals surface area contributed by atoms with E-state index in [9.17, 15) is 4.79 Å². The molecule has 1 saturated heterocycles. The molecule has 122 valence electrons. The average Bonchev–Trinajstić information content (AvgIpc) is 3.10. The summed E-state index contributed by atoms with van der Waals surface area (Å²) in [5.74, 6) is 0.0675. The normalized spacial score (nSPS) is 28.0. The monoisotopic (exact) mass is 307 g/mol. The molecular formula is C16H25N3O3. The molecule has 1 saturated carbocycles. The summed E-state index contributed by atoms with van der Waals surface area (Å²) in [6.07, 6.45) is 2.03. The van der Waals surface area contributed by atoms with Gasteiger partial charge in [0.15, 0.2) is 0 Å². The van der Waals surface area contributed by atoms with Gasteiger partial charge in [-0.05, 0) is 39.7 Å². The molecule has 0 spiro atoms. The Hall–Kier alpha value is -1.40. The maximum atomic E-state index is 13.0. The number of aryl methyl sites for hydroxylation is 2. The van der Waals surface area contributed by atoms with Crippen molar-refractivity contribution in [3.63, 3.8) is 0 Å². The highest BCUT2D eigenvalue weighted by Gasteiger charge is 2.45. The van der Waals surface area contributed by atoms with Gasteiger partial charge in [-0.25, -0.2) is 0 Å². The summed E-state index contributed by atoms with van der Waals surface area (Å²) in [5.41, 5.74) is 1.56. The number of ether oxygens (including phenoxy) is 2. The van der Waals surface area contributed by atoms with Crippen molar-refractivity contribution in [1.29, 1.82) is 0 Å². The van der Waals surface area contributed by atoms with Gasteiger partial charge in [-0.1, -0.05) is 0 Å². The molecule has 2 fully saturated rings. The van der Waals surface area contributed by atoms with Crippen LogP contribution in [0.5, 0.6) is 0 Å². The number of carbonyl (C=O) groups excluding carboxylic acids is 1. The minimum absolute atomic E-state index is 0.0109. The molecule has 1 aromatic rings. The molecule has 1 aromatic heterocycles. The second kappa shape index (κ2) is 6.38. The van der Waals surface area contributed by atoms with Gasteiger partial charge in [0.05, 0.1) is 24.4 Å². The van der Waals surface area contributed by atoms with Crippen molar-refractivity contribution < 1.29 is 14.3 Å². The van der Waals surface area contributed by atoms with Crippen LogP contribution in [0.1, 0.15) is 42.9 Å². The molecule has 3 atom stereocenters. The number of morpholine rings is 1. The van der Waals surface area contributed by atoms with Crippen LogP contribution in [-0.4, -0.2) is 58.6 Å². The maximum absolute atomic E-state index is 13.0. The van der Waals surface area contributed by atoms with E-state index in [2.05, 4.69) is 5.10 Å². The van der Waals surface area contributed by atoms with Gasteiger partial charge in [-0.2, -0.15) is 5.10 Å². The number of fused-ring (bicyclic) bond motifs is 1. The summed E-state index contributed by atoms with van der Waals surface area (Å²) >= 11 is 0. The fourth-order valence-corrected chi connectivity index (χ4v) is 3.67. The number of amides is 1. The Bertz CT molecular complexity index is 543. The Morgan fingerprint density at radius 2 is 2.27 bits per heavy atom. The summed E-state index contributed by atoms with van der Waals surface area (Å²) in [6, 6.07) is 2.00. The fourth-order valence-electron chi connectivity index (χ4n) is 3.67. The summed E-state index contributed by atoms with van der Waals surface area (Å²) in [4.78, 5) is 14.9. The minimum Gasteiger partial charge on any atom is -0.376 e. The van der Waals surface area contributed by atoms with Gasteiger partial charge in [0.1, 0.15) is 11.8 Å². The topological polar surface area (TPSA) is 56.6 Å². The zero-order valence-corrected chi connectivity index (χ0v) is 13.6. The molecule has 6 nitrogen and oxygen atoms in total. The molecular weight excluding hydrogens is 282 g/mol. The quantitative estimate of drug-likeness (QED) is 0.848. The molecule has 22 heavy (non-hydrogen) atoms. The zero-order chi connectivity index (χ0) is 15.7. The van der Waals surface area contributed by atoms with Crippen molar-refractivity contribution in [2.75, 3.05) is 19.8 Å². The molecule has 1 aliphatic carbocycles. The third kappa shape index (κ3) is 2.65. The highest BCUT2D eigenvalue weighted by molar-refractivity contribution is 5.93. The lowest BCUT2D eigenvalue weighted by molar-refractivity contribution is -0.103. The Kier molecular flexibility index (Phi) is 4.49. The van der Waals surface area contributed by atoms with Crippen LogP contribution < -0.4 is 0 Å². The predicted octanol–water partition coefficient (Wildman–Crippen LogP) is 1.62. The first kappa shape index (κ1) is 15.5. The average molecular weight is 307 g/mol. The van der Waals surface area contributed by atoms with Gasteiger partial charge in [0.2, 0.25) is 0 Å². The fraction of sp³-hybridized carbons (Fsp3) is 0.750. The van der Waals surface area contributed by atoms with E-state index in [1.165, 1.54) is 0 Å². The SMILES string of the molecule is CCO[C@H]1CC[C@H]2[C@@H]1OCCN2C(=O)c1cc(C)nn1CC. The van der Waals surface area contributed by atoms with Crippen molar-refractivity contribution >= 4 is 5.91 Å². The molecule has 0 radical (unpaired) electrons.